The van der Waals surface area contributed by atoms with Crippen LogP contribution in [0.15, 0.2) is 36.5 Å². The number of benzene rings is 1. The molecule has 1 fully saturated rings. The molecule has 1 N–H and O–H groups in total. The molecule has 0 saturated heterocycles. The van der Waals surface area contributed by atoms with Gasteiger partial charge >= 0.3 is 0 Å². The average Bonchev–Trinajstić information content (AvgIpc) is 3.16. The number of anilines is 1. The van der Waals surface area contributed by atoms with Gasteiger partial charge in [-0.25, -0.2) is 0 Å². The van der Waals surface area contributed by atoms with E-state index in [1.807, 2.05) is 16.9 Å². The first-order chi connectivity index (χ1) is 8.85. The fraction of sp³-hybridized carbons (Fsp3) is 0.400. The number of nitrogens with one attached hydrogen (secondary N) is 1. The Hall–Kier alpha value is -1.77. The quantitative estimate of drug-likeness (QED) is 0.869. The molecule has 1 heterocycles. The summed E-state index contributed by atoms with van der Waals surface area (Å²) in [7, 11) is 0. The highest BCUT2D eigenvalue weighted by Crippen LogP contribution is 2.40. The Morgan fingerprint density at radius 3 is 2.94 bits per heavy atom. The molecular formula is C15H19N3. The average molecular weight is 241 g/mol. The van der Waals surface area contributed by atoms with Gasteiger partial charge in [0.05, 0.1) is 0 Å². The van der Waals surface area contributed by atoms with E-state index in [9.17, 15) is 0 Å². The van der Waals surface area contributed by atoms with Crippen LogP contribution in [-0.2, 0) is 13.1 Å². The molecule has 1 aliphatic rings. The third-order valence-electron chi connectivity index (χ3n) is 3.44. The lowest BCUT2D eigenvalue weighted by atomic mass is 10.1. The van der Waals surface area contributed by atoms with Crippen molar-refractivity contribution in [1.29, 1.82) is 0 Å². The molecule has 0 atom stereocenters. The summed E-state index contributed by atoms with van der Waals surface area (Å²) in [4.78, 5) is 0. The van der Waals surface area contributed by atoms with Crippen molar-refractivity contribution in [2.45, 2.75) is 38.8 Å². The summed E-state index contributed by atoms with van der Waals surface area (Å²) < 4.78 is 1.93. The molecule has 0 amide bonds. The van der Waals surface area contributed by atoms with Crippen molar-refractivity contribution in [2.24, 2.45) is 0 Å². The van der Waals surface area contributed by atoms with Crippen LogP contribution in [0, 0.1) is 0 Å². The molecule has 0 spiro atoms. The van der Waals surface area contributed by atoms with Crippen molar-refractivity contribution in [2.75, 3.05) is 5.32 Å². The zero-order chi connectivity index (χ0) is 12.4. The van der Waals surface area contributed by atoms with E-state index in [2.05, 4.69) is 41.6 Å². The van der Waals surface area contributed by atoms with E-state index >= 15 is 0 Å². The summed E-state index contributed by atoms with van der Waals surface area (Å²) in [5.74, 6) is 1.78. The maximum absolute atomic E-state index is 4.42. The van der Waals surface area contributed by atoms with Gasteiger partial charge in [0, 0.05) is 25.4 Å². The van der Waals surface area contributed by atoms with Crippen molar-refractivity contribution < 1.29 is 0 Å². The van der Waals surface area contributed by atoms with Gasteiger partial charge in [0.15, 0.2) is 0 Å². The molecule has 94 valence electrons. The number of aromatic nitrogens is 2. The summed E-state index contributed by atoms with van der Waals surface area (Å²) in [6.45, 7) is 3.86. The Kier molecular flexibility index (Phi) is 3.05. The van der Waals surface area contributed by atoms with E-state index < -0.39 is 0 Å². The van der Waals surface area contributed by atoms with Crippen LogP contribution in [-0.4, -0.2) is 9.78 Å². The second kappa shape index (κ2) is 4.84. The monoisotopic (exact) mass is 241 g/mol. The first kappa shape index (κ1) is 11.3. The van der Waals surface area contributed by atoms with E-state index in [0.29, 0.717) is 0 Å². The highest BCUT2D eigenvalue weighted by molar-refractivity contribution is 5.36. The van der Waals surface area contributed by atoms with Crippen LogP contribution >= 0.6 is 0 Å². The number of aryl methyl sites for hydroxylation is 1. The summed E-state index contributed by atoms with van der Waals surface area (Å²) in [6, 6.07) is 10.9. The summed E-state index contributed by atoms with van der Waals surface area (Å²) in [5, 5.41) is 7.79. The topological polar surface area (TPSA) is 29.9 Å². The highest BCUT2D eigenvalue weighted by Gasteiger charge is 2.23. The molecule has 18 heavy (non-hydrogen) atoms. The third-order valence-corrected chi connectivity index (χ3v) is 3.44. The molecule has 0 aliphatic heterocycles. The van der Waals surface area contributed by atoms with Crippen LogP contribution in [0.4, 0.5) is 5.82 Å². The minimum Gasteiger partial charge on any atom is -0.365 e. The van der Waals surface area contributed by atoms with Gasteiger partial charge in [-0.05, 0) is 36.8 Å². The Labute approximate surface area is 108 Å². The minimum atomic E-state index is 0.823. The standard InChI is InChI=1S/C15H19N3/c1-2-18-9-8-15(17-18)16-11-12-4-3-5-14(10-12)13-6-7-13/h3-5,8-10,13H,2,6-7,11H2,1H3,(H,16,17). The minimum absolute atomic E-state index is 0.823. The molecule has 1 aliphatic carbocycles. The van der Waals surface area contributed by atoms with Crippen LogP contribution in [0.25, 0.3) is 0 Å². The number of rotatable bonds is 5. The van der Waals surface area contributed by atoms with E-state index in [1.165, 1.54) is 24.0 Å². The lowest BCUT2D eigenvalue weighted by Crippen LogP contribution is -2.02. The Morgan fingerprint density at radius 2 is 2.22 bits per heavy atom. The normalized spacial score (nSPS) is 14.7. The SMILES string of the molecule is CCn1ccc(NCc2cccc(C3CC3)c2)n1. The maximum atomic E-state index is 4.42. The van der Waals surface area contributed by atoms with E-state index in [1.54, 1.807) is 0 Å². The predicted octanol–water partition coefficient (Wildman–Crippen LogP) is 3.39. The van der Waals surface area contributed by atoms with E-state index in [4.69, 9.17) is 0 Å². The fourth-order valence-electron chi connectivity index (χ4n) is 2.20. The molecule has 1 aromatic heterocycles. The van der Waals surface area contributed by atoms with Gasteiger partial charge in [0.2, 0.25) is 0 Å². The second-order valence-electron chi connectivity index (χ2n) is 4.93. The Bertz CT molecular complexity index is 526. The van der Waals surface area contributed by atoms with Gasteiger partial charge in [0.1, 0.15) is 5.82 Å². The molecule has 1 aromatic carbocycles. The smallest absolute Gasteiger partial charge is 0.148 e. The molecule has 0 bridgehead atoms. The molecular weight excluding hydrogens is 222 g/mol. The first-order valence-electron chi connectivity index (χ1n) is 6.71. The number of hydrogen-bond donors (Lipinski definition) is 1. The van der Waals surface area contributed by atoms with Crippen molar-refractivity contribution >= 4 is 5.82 Å². The van der Waals surface area contributed by atoms with Crippen LogP contribution in [0.3, 0.4) is 0 Å². The number of hydrogen-bond acceptors (Lipinski definition) is 2. The Morgan fingerprint density at radius 1 is 1.33 bits per heavy atom. The lowest BCUT2D eigenvalue weighted by Gasteiger charge is -2.05. The van der Waals surface area contributed by atoms with E-state index in [0.717, 1.165) is 24.8 Å². The van der Waals surface area contributed by atoms with Gasteiger partial charge in [-0.3, -0.25) is 4.68 Å². The number of nitrogens with zero attached hydrogens (tertiary/aromatic N) is 2. The molecule has 3 heteroatoms. The zero-order valence-electron chi connectivity index (χ0n) is 10.8. The van der Waals surface area contributed by atoms with Gasteiger partial charge in [0.25, 0.3) is 0 Å². The summed E-state index contributed by atoms with van der Waals surface area (Å²) >= 11 is 0. The van der Waals surface area contributed by atoms with E-state index in [-0.39, 0.29) is 0 Å². The van der Waals surface area contributed by atoms with Crippen LogP contribution in [0.2, 0.25) is 0 Å². The molecule has 3 rings (SSSR count). The van der Waals surface area contributed by atoms with Gasteiger partial charge < -0.3 is 5.32 Å². The third kappa shape index (κ3) is 2.55. The molecule has 2 aromatic rings. The maximum Gasteiger partial charge on any atom is 0.148 e. The van der Waals surface area contributed by atoms with Gasteiger partial charge in [-0.1, -0.05) is 24.3 Å². The Balaban J connectivity index is 1.63. The molecule has 3 nitrogen and oxygen atoms in total. The largest absolute Gasteiger partial charge is 0.365 e. The van der Waals surface area contributed by atoms with Crippen molar-refractivity contribution in [1.82, 2.24) is 9.78 Å². The van der Waals surface area contributed by atoms with Gasteiger partial charge in [-0.2, -0.15) is 5.10 Å². The molecule has 0 radical (unpaired) electrons. The van der Waals surface area contributed by atoms with Gasteiger partial charge in [-0.15, -0.1) is 0 Å². The summed E-state index contributed by atoms with van der Waals surface area (Å²) in [5.41, 5.74) is 2.83. The zero-order valence-corrected chi connectivity index (χ0v) is 10.8. The van der Waals surface area contributed by atoms with Crippen LogP contribution in [0.5, 0.6) is 0 Å². The highest BCUT2D eigenvalue weighted by atomic mass is 15.3. The molecule has 1 saturated carbocycles. The van der Waals surface area contributed by atoms with Crippen molar-refractivity contribution in [3.63, 3.8) is 0 Å². The van der Waals surface area contributed by atoms with Crippen molar-refractivity contribution in [3.05, 3.63) is 47.7 Å². The van der Waals surface area contributed by atoms with Crippen LogP contribution < -0.4 is 5.32 Å². The van der Waals surface area contributed by atoms with Crippen LogP contribution in [0.1, 0.15) is 36.8 Å². The molecule has 0 unspecified atom stereocenters. The lowest BCUT2D eigenvalue weighted by molar-refractivity contribution is 0.661. The fourth-order valence-corrected chi connectivity index (χ4v) is 2.20. The van der Waals surface area contributed by atoms with Crippen molar-refractivity contribution in [3.8, 4) is 0 Å². The first-order valence-corrected chi connectivity index (χ1v) is 6.71. The predicted molar refractivity (Wildman–Crippen MR) is 73.6 cm³/mol. The summed E-state index contributed by atoms with van der Waals surface area (Å²) in [6.07, 6.45) is 4.72. The second-order valence-corrected chi connectivity index (χ2v) is 4.93.